The van der Waals surface area contributed by atoms with Crippen LogP contribution >= 0.6 is 0 Å². The number of nitrogens with zero attached hydrogens (tertiary/aromatic N) is 1. The smallest absolute Gasteiger partial charge is 0.222 e. The van der Waals surface area contributed by atoms with Gasteiger partial charge in [0.1, 0.15) is 0 Å². The van der Waals surface area contributed by atoms with E-state index in [0.29, 0.717) is 25.8 Å². The summed E-state index contributed by atoms with van der Waals surface area (Å²) in [6.07, 6.45) is 3.23. The van der Waals surface area contributed by atoms with Crippen molar-refractivity contribution < 1.29 is 9.18 Å². The van der Waals surface area contributed by atoms with Crippen molar-refractivity contribution in [1.82, 2.24) is 4.90 Å². The molecule has 70 valence electrons. The summed E-state index contributed by atoms with van der Waals surface area (Å²) in [5.41, 5.74) is 0. The molecule has 3 heteroatoms. The fourth-order valence-corrected chi connectivity index (χ4v) is 0.857. The maximum absolute atomic E-state index is 11.7. The molecule has 0 rings (SSSR count). The molecule has 0 fully saturated rings. The molecule has 0 spiro atoms. The van der Waals surface area contributed by atoms with Crippen molar-refractivity contribution in [1.29, 1.82) is 0 Å². The molecular weight excluding hydrogens is 157 g/mol. The molecule has 0 aromatic heterocycles. The van der Waals surface area contributed by atoms with Gasteiger partial charge in [-0.05, 0) is 12.8 Å². The summed E-state index contributed by atoms with van der Waals surface area (Å²) < 4.78 is 11.7. The third-order valence-electron chi connectivity index (χ3n) is 1.60. The fraction of sp³-hybridized carbons (Fsp3) is 0.667. The lowest BCUT2D eigenvalue weighted by molar-refractivity contribution is -0.129. The minimum absolute atomic E-state index is 0.0587. The Hall–Kier alpha value is -0.860. The summed E-state index contributed by atoms with van der Waals surface area (Å²) in [6, 6.07) is 0. The molecule has 12 heavy (non-hydrogen) atoms. The molecule has 1 amide bonds. The van der Waals surface area contributed by atoms with Gasteiger partial charge in [0.15, 0.2) is 0 Å². The number of carbonyl (C=O) groups excluding carboxylic acids is 1. The zero-order chi connectivity index (χ0) is 9.40. The van der Waals surface area contributed by atoms with E-state index < -0.39 is 0 Å². The number of halogens is 1. The first-order valence-electron chi connectivity index (χ1n) is 4.13. The molecule has 0 aromatic carbocycles. The molecule has 0 bridgehead atoms. The molecule has 0 aliphatic carbocycles. The molecule has 0 heterocycles. The van der Waals surface area contributed by atoms with Gasteiger partial charge in [-0.3, -0.25) is 9.18 Å². The van der Waals surface area contributed by atoms with Crippen LogP contribution in [-0.4, -0.2) is 31.1 Å². The Morgan fingerprint density at radius 1 is 1.58 bits per heavy atom. The van der Waals surface area contributed by atoms with Crippen molar-refractivity contribution >= 4 is 5.91 Å². The van der Waals surface area contributed by atoms with Crippen LogP contribution in [0.3, 0.4) is 0 Å². The number of hydrogen-bond acceptors (Lipinski definition) is 1. The molecule has 2 nitrogen and oxygen atoms in total. The first-order chi connectivity index (χ1) is 5.72. The summed E-state index contributed by atoms with van der Waals surface area (Å²) in [6.45, 7) is 3.75. The second-order valence-electron chi connectivity index (χ2n) is 2.71. The average molecular weight is 173 g/mol. The lowest BCUT2D eigenvalue weighted by atomic mass is 10.2. The van der Waals surface area contributed by atoms with E-state index in [0.717, 1.165) is 0 Å². The van der Waals surface area contributed by atoms with Gasteiger partial charge in [-0.1, -0.05) is 6.08 Å². The van der Waals surface area contributed by atoms with Crippen molar-refractivity contribution in [3.63, 3.8) is 0 Å². The highest BCUT2D eigenvalue weighted by atomic mass is 19.1. The van der Waals surface area contributed by atoms with E-state index >= 15 is 0 Å². The number of rotatable bonds is 6. The van der Waals surface area contributed by atoms with E-state index in [-0.39, 0.29) is 12.6 Å². The third kappa shape index (κ3) is 4.88. The lowest BCUT2D eigenvalue weighted by Crippen LogP contribution is -2.26. The molecule has 0 saturated carbocycles. The summed E-state index contributed by atoms with van der Waals surface area (Å²) in [7, 11) is 1.72. The molecule has 0 atom stereocenters. The van der Waals surface area contributed by atoms with E-state index in [4.69, 9.17) is 0 Å². The molecule has 0 N–H and O–H groups in total. The molecule has 0 saturated heterocycles. The highest BCUT2D eigenvalue weighted by Gasteiger charge is 2.05. The molecule has 0 aromatic rings. The third-order valence-corrected chi connectivity index (χ3v) is 1.60. The number of amides is 1. The Balaban J connectivity index is 3.49. The first kappa shape index (κ1) is 11.1. The van der Waals surface area contributed by atoms with Gasteiger partial charge in [0, 0.05) is 20.0 Å². The minimum atomic E-state index is -0.335. The van der Waals surface area contributed by atoms with Crippen LogP contribution in [0.15, 0.2) is 12.7 Å². The number of alkyl halides is 1. The summed E-state index contributed by atoms with van der Waals surface area (Å²) in [5, 5.41) is 0. The topological polar surface area (TPSA) is 20.3 Å². The highest BCUT2D eigenvalue weighted by Crippen LogP contribution is 1.99. The van der Waals surface area contributed by atoms with E-state index in [1.807, 2.05) is 0 Å². The van der Waals surface area contributed by atoms with Crippen molar-refractivity contribution in [2.75, 3.05) is 20.3 Å². The predicted molar refractivity (Wildman–Crippen MR) is 47.7 cm³/mol. The van der Waals surface area contributed by atoms with Crippen LogP contribution in [0.4, 0.5) is 4.39 Å². The summed E-state index contributed by atoms with van der Waals surface area (Å²) in [5.74, 6) is 0.0587. The Kier molecular flexibility index (Phi) is 6.34. The highest BCUT2D eigenvalue weighted by molar-refractivity contribution is 5.75. The van der Waals surface area contributed by atoms with E-state index in [1.54, 1.807) is 18.0 Å². The quantitative estimate of drug-likeness (QED) is 0.443. The zero-order valence-corrected chi connectivity index (χ0v) is 7.55. The van der Waals surface area contributed by atoms with Crippen LogP contribution in [0.2, 0.25) is 0 Å². The van der Waals surface area contributed by atoms with Crippen molar-refractivity contribution in [3.8, 4) is 0 Å². The number of unbranched alkanes of at least 4 members (excludes halogenated alkanes) is 1. The van der Waals surface area contributed by atoms with Gasteiger partial charge in [-0.15, -0.1) is 6.58 Å². The molecule has 0 aliphatic heterocycles. The number of carbonyl (C=O) groups is 1. The van der Waals surface area contributed by atoms with Crippen LogP contribution in [0, 0.1) is 0 Å². The molecule has 0 radical (unpaired) electrons. The van der Waals surface area contributed by atoms with Crippen LogP contribution in [0.5, 0.6) is 0 Å². The van der Waals surface area contributed by atoms with Gasteiger partial charge in [0.05, 0.1) is 6.67 Å². The molecule has 0 unspecified atom stereocenters. The van der Waals surface area contributed by atoms with Gasteiger partial charge in [0.2, 0.25) is 5.91 Å². The second-order valence-corrected chi connectivity index (χ2v) is 2.71. The largest absolute Gasteiger partial charge is 0.342 e. The SMILES string of the molecule is C=CCN(C)C(=O)CCCCF. The zero-order valence-electron chi connectivity index (χ0n) is 7.55. The van der Waals surface area contributed by atoms with E-state index in [9.17, 15) is 9.18 Å². The Bertz CT molecular complexity index is 147. The van der Waals surface area contributed by atoms with Gasteiger partial charge < -0.3 is 4.90 Å². The van der Waals surface area contributed by atoms with Crippen molar-refractivity contribution in [3.05, 3.63) is 12.7 Å². The Labute approximate surface area is 73.1 Å². The normalized spacial score (nSPS) is 9.50. The summed E-state index contributed by atoms with van der Waals surface area (Å²) >= 11 is 0. The number of likely N-dealkylation sites (N-methyl/N-ethyl adjacent to an activating group) is 1. The molecule has 0 aliphatic rings. The lowest BCUT2D eigenvalue weighted by Gasteiger charge is -2.13. The monoisotopic (exact) mass is 173 g/mol. The van der Waals surface area contributed by atoms with E-state index in [2.05, 4.69) is 6.58 Å². The van der Waals surface area contributed by atoms with Crippen LogP contribution in [0.1, 0.15) is 19.3 Å². The van der Waals surface area contributed by atoms with Gasteiger partial charge in [0.25, 0.3) is 0 Å². The Morgan fingerprint density at radius 2 is 2.25 bits per heavy atom. The maximum atomic E-state index is 11.7. The first-order valence-corrected chi connectivity index (χ1v) is 4.13. The van der Waals surface area contributed by atoms with Crippen molar-refractivity contribution in [2.45, 2.75) is 19.3 Å². The van der Waals surface area contributed by atoms with E-state index in [1.165, 1.54) is 0 Å². The fourth-order valence-electron chi connectivity index (χ4n) is 0.857. The molecular formula is C9H16FNO. The van der Waals surface area contributed by atoms with Gasteiger partial charge in [-0.25, -0.2) is 0 Å². The van der Waals surface area contributed by atoms with Gasteiger partial charge >= 0.3 is 0 Å². The van der Waals surface area contributed by atoms with Crippen LogP contribution in [-0.2, 0) is 4.79 Å². The number of hydrogen-bond donors (Lipinski definition) is 0. The van der Waals surface area contributed by atoms with Crippen molar-refractivity contribution in [2.24, 2.45) is 0 Å². The van der Waals surface area contributed by atoms with Crippen LogP contribution < -0.4 is 0 Å². The van der Waals surface area contributed by atoms with Crippen LogP contribution in [0.25, 0.3) is 0 Å². The summed E-state index contributed by atoms with van der Waals surface area (Å²) in [4.78, 5) is 12.8. The average Bonchev–Trinajstić information content (AvgIpc) is 2.05. The second kappa shape index (κ2) is 6.83. The van der Waals surface area contributed by atoms with Gasteiger partial charge in [-0.2, -0.15) is 0 Å². The standard InChI is InChI=1S/C9H16FNO/c1-3-8-11(2)9(12)6-4-5-7-10/h3H,1,4-8H2,2H3. The predicted octanol–water partition coefficient (Wildman–Crippen LogP) is 1.77. The maximum Gasteiger partial charge on any atom is 0.222 e. The minimum Gasteiger partial charge on any atom is -0.342 e. The Morgan fingerprint density at radius 3 is 2.75 bits per heavy atom.